The fourth-order valence-electron chi connectivity index (χ4n) is 4.17. The summed E-state index contributed by atoms with van der Waals surface area (Å²) in [7, 11) is 0. The summed E-state index contributed by atoms with van der Waals surface area (Å²) in [6.07, 6.45) is -4.16. The van der Waals surface area contributed by atoms with Crippen LogP contribution in [0.5, 0.6) is 0 Å². The third-order valence-electron chi connectivity index (χ3n) is 5.77. The summed E-state index contributed by atoms with van der Waals surface area (Å²) in [4.78, 5) is 24.2. The number of aliphatic carboxylic acids is 1. The number of hydrogen-bond donors (Lipinski definition) is 3. The van der Waals surface area contributed by atoms with E-state index in [1.807, 2.05) is 43.3 Å². The molecule has 0 radical (unpaired) electrons. The Kier molecular flexibility index (Phi) is 7.77. The number of nitriles is 1. The van der Waals surface area contributed by atoms with Gasteiger partial charge in [-0.3, -0.25) is 4.79 Å². The highest BCUT2D eigenvalue weighted by Crippen LogP contribution is 2.45. The number of hydrogen-bond acceptors (Lipinski definition) is 5. The molecule has 182 valence electrons. The van der Waals surface area contributed by atoms with Crippen molar-refractivity contribution in [3.63, 3.8) is 0 Å². The molecule has 0 unspecified atom stereocenters. The minimum Gasteiger partial charge on any atom is -0.478 e. The van der Waals surface area contributed by atoms with Crippen LogP contribution in [0.2, 0.25) is 0 Å². The minimum absolute atomic E-state index is 0.0386. The van der Waals surface area contributed by atoms with Gasteiger partial charge in [0, 0.05) is 29.7 Å². The van der Waals surface area contributed by atoms with Gasteiger partial charge in [-0.25, -0.2) is 4.79 Å². The molecule has 1 aliphatic heterocycles. The number of allylic oxidation sites excluding steroid dienone is 3. The van der Waals surface area contributed by atoms with Crippen LogP contribution in [0.25, 0.3) is 0 Å². The van der Waals surface area contributed by atoms with Crippen LogP contribution in [-0.4, -0.2) is 23.0 Å². The number of nitrogens with zero attached hydrogens (tertiary/aromatic N) is 1. The number of ketones is 1. The Morgan fingerprint density at radius 1 is 1.17 bits per heavy atom. The SMILES string of the molecule is C[C@H](N)c1ccccc1.N#Cc1cccc([C@H]2C3=C(CCCC3=O)NC(C(F)(F)F)=C2C(=O)O)c1. The van der Waals surface area contributed by atoms with Gasteiger partial charge in [0.2, 0.25) is 0 Å². The van der Waals surface area contributed by atoms with Gasteiger partial charge in [-0.1, -0.05) is 42.5 Å². The van der Waals surface area contributed by atoms with E-state index in [-0.39, 0.29) is 47.1 Å². The number of carbonyl (C=O) groups is 2. The Balaban J connectivity index is 0.000000320. The molecule has 9 heteroatoms. The van der Waals surface area contributed by atoms with Crippen molar-refractivity contribution >= 4 is 11.8 Å². The predicted molar refractivity (Wildman–Crippen MR) is 123 cm³/mol. The third kappa shape index (κ3) is 5.78. The molecule has 6 nitrogen and oxygen atoms in total. The van der Waals surface area contributed by atoms with Crippen molar-refractivity contribution in [1.82, 2.24) is 5.32 Å². The minimum atomic E-state index is -4.92. The standard InChI is InChI=1S/C18H13F3N2O3.C8H11N/c19-18(20,21)16-15(17(25)26)13(10-4-1-3-9(7-10)8-22)14-11(23-16)5-2-6-12(14)24;1-7(9)8-5-3-2-4-6-8/h1,3-4,7,13,23H,2,5-6H2,(H,25,26);2-7H,9H2,1H3/t13-;7-/m00/s1. The summed E-state index contributed by atoms with van der Waals surface area (Å²) in [5, 5.41) is 20.7. The second kappa shape index (κ2) is 10.6. The normalized spacial score (nSPS) is 18.5. The monoisotopic (exact) mass is 483 g/mol. The van der Waals surface area contributed by atoms with Crippen LogP contribution in [0, 0.1) is 11.3 Å². The molecule has 0 fully saturated rings. The van der Waals surface area contributed by atoms with Gasteiger partial charge in [-0.15, -0.1) is 0 Å². The van der Waals surface area contributed by atoms with Crippen molar-refractivity contribution in [3.8, 4) is 6.07 Å². The fraction of sp³-hybridized carbons (Fsp3) is 0.269. The molecule has 0 spiro atoms. The van der Waals surface area contributed by atoms with E-state index in [0.29, 0.717) is 6.42 Å². The van der Waals surface area contributed by atoms with Gasteiger partial charge in [-0.2, -0.15) is 18.4 Å². The zero-order chi connectivity index (χ0) is 25.8. The molecule has 2 aliphatic rings. The highest BCUT2D eigenvalue weighted by Gasteiger charge is 2.47. The number of carboxylic acids is 1. The first kappa shape index (κ1) is 25.7. The molecule has 4 rings (SSSR count). The van der Waals surface area contributed by atoms with Gasteiger partial charge in [0.05, 0.1) is 17.2 Å². The van der Waals surface area contributed by atoms with Crippen LogP contribution in [0.15, 0.2) is 77.1 Å². The maximum absolute atomic E-state index is 13.5. The summed E-state index contributed by atoms with van der Waals surface area (Å²) in [5.74, 6) is -3.52. The van der Waals surface area contributed by atoms with Crippen molar-refractivity contribution in [2.75, 3.05) is 0 Å². The number of dihydropyridines is 1. The van der Waals surface area contributed by atoms with E-state index in [2.05, 4.69) is 5.32 Å². The van der Waals surface area contributed by atoms with Gasteiger partial charge in [-0.05, 0) is 43.0 Å². The molecule has 2 atom stereocenters. The van der Waals surface area contributed by atoms with E-state index >= 15 is 0 Å². The zero-order valence-corrected chi connectivity index (χ0v) is 18.9. The Morgan fingerprint density at radius 3 is 2.40 bits per heavy atom. The second-order valence-corrected chi connectivity index (χ2v) is 8.26. The van der Waals surface area contributed by atoms with Crippen LogP contribution in [0.4, 0.5) is 13.2 Å². The largest absolute Gasteiger partial charge is 0.478 e. The van der Waals surface area contributed by atoms with Crippen molar-refractivity contribution in [3.05, 3.63) is 93.8 Å². The molecule has 1 aliphatic carbocycles. The molecule has 4 N–H and O–H groups in total. The first-order chi connectivity index (χ1) is 16.5. The van der Waals surface area contributed by atoms with Crippen LogP contribution >= 0.6 is 0 Å². The fourth-order valence-corrected chi connectivity index (χ4v) is 4.17. The van der Waals surface area contributed by atoms with Crippen LogP contribution in [-0.2, 0) is 9.59 Å². The molecule has 0 saturated carbocycles. The zero-order valence-electron chi connectivity index (χ0n) is 18.9. The highest BCUT2D eigenvalue weighted by atomic mass is 19.4. The van der Waals surface area contributed by atoms with E-state index in [1.165, 1.54) is 29.8 Å². The number of nitrogens with two attached hydrogens (primary N) is 1. The van der Waals surface area contributed by atoms with E-state index < -0.39 is 29.3 Å². The quantitative estimate of drug-likeness (QED) is 0.574. The van der Waals surface area contributed by atoms with E-state index in [9.17, 15) is 27.9 Å². The second-order valence-electron chi connectivity index (χ2n) is 8.26. The Labute approximate surface area is 200 Å². The van der Waals surface area contributed by atoms with Gasteiger partial charge < -0.3 is 16.2 Å². The predicted octanol–water partition coefficient (Wildman–Crippen LogP) is 4.86. The summed E-state index contributed by atoms with van der Waals surface area (Å²) in [6, 6.07) is 17.7. The number of nitrogens with one attached hydrogen (secondary N) is 1. The maximum Gasteiger partial charge on any atom is 0.431 e. The first-order valence-corrected chi connectivity index (χ1v) is 10.9. The van der Waals surface area contributed by atoms with Crippen LogP contribution < -0.4 is 11.1 Å². The molecule has 0 bridgehead atoms. The van der Waals surface area contributed by atoms with Crippen LogP contribution in [0.3, 0.4) is 0 Å². The molecule has 0 saturated heterocycles. The Morgan fingerprint density at radius 2 is 1.86 bits per heavy atom. The van der Waals surface area contributed by atoms with Crippen molar-refractivity contribution < 1.29 is 27.9 Å². The lowest BCUT2D eigenvalue weighted by molar-refractivity contribution is -0.135. The average Bonchev–Trinajstić information content (AvgIpc) is 2.83. The number of Topliss-reactive ketones (excluding diaryl/α,β-unsaturated/α-hetero) is 1. The maximum atomic E-state index is 13.5. The topological polar surface area (TPSA) is 116 Å². The van der Waals surface area contributed by atoms with Gasteiger partial charge in [0.1, 0.15) is 5.70 Å². The smallest absolute Gasteiger partial charge is 0.431 e. The number of alkyl halides is 3. The van der Waals surface area contributed by atoms with Crippen molar-refractivity contribution in [2.45, 2.75) is 44.3 Å². The Hall–Kier alpha value is -3.90. The number of halogens is 3. The molecule has 0 amide bonds. The average molecular weight is 483 g/mol. The number of carboxylic acid groups (broad SMARTS) is 1. The molecule has 1 heterocycles. The molecule has 2 aromatic carbocycles. The lowest BCUT2D eigenvalue weighted by Crippen LogP contribution is -2.39. The number of benzene rings is 2. The van der Waals surface area contributed by atoms with Gasteiger partial charge in [0.15, 0.2) is 5.78 Å². The molecular formula is C26H24F3N3O3. The van der Waals surface area contributed by atoms with Gasteiger partial charge in [0.25, 0.3) is 0 Å². The highest BCUT2D eigenvalue weighted by molar-refractivity contribution is 6.03. The van der Waals surface area contributed by atoms with Crippen LogP contribution in [0.1, 0.15) is 54.8 Å². The van der Waals surface area contributed by atoms with E-state index in [0.717, 1.165) is 0 Å². The summed E-state index contributed by atoms with van der Waals surface area (Å²) in [6.45, 7) is 1.98. The number of rotatable bonds is 3. The van der Waals surface area contributed by atoms with Gasteiger partial charge >= 0.3 is 12.1 Å². The lowest BCUT2D eigenvalue weighted by Gasteiger charge is -2.34. The summed E-state index contributed by atoms with van der Waals surface area (Å²) < 4.78 is 40.5. The van der Waals surface area contributed by atoms with Crippen molar-refractivity contribution in [1.29, 1.82) is 5.26 Å². The lowest BCUT2D eigenvalue weighted by atomic mass is 9.75. The first-order valence-electron chi connectivity index (χ1n) is 10.9. The van der Waals surface area contributed by atoms with E-state index in [1.54, 1.807) is 0 Å². The molecule has 2 aromatic rings. The third-order valence-corrected chi connectivity index (χ3v) is 5.77. The van der Waals surface area contributed by atoms with E-state index in [4.69, 9.17) is 11.0 Å². The summed E-state index contributed by atoms with van der Waals surface area (Å²) >= 11 is 0. The number of carbonyl (C=O) groups excluding carboxylic acids is 1. The molecule has 35 heavy (non-hydrogen) atoms. The molecule has 0 aromatic heterocycles. The molecular weight excluding hydrogens is 459 g/mol. The Bertz CT molecular complexity index is 1230. The van der Waals surface area contributed by atoms with Crippen molar-refractivity contribution in [2.24, 2.45) is 5.73 Å². The summed E-state index contributed by atoms with van der Waals surface area (Å²) in [5.41, 5.74) is 4.99.